The van der Waals surface area contributed by atoms with Gasteiger partial charge in [-0.3, -0.25) is 19.4 Å². The Morgan fingerprint density at radius 3 is 2.86 bits per heavy atom. The van der Waals surface area contributed by atoms with E-state index in [4.69, 9.17) is 9.47 Å². The number of rotatable bonds is 4. The first kappa shape index (κ1) is 29.2. The van der Waals surface area contributed by atoms with Gasteiger partial charge in [0.05, 0.1) is 26.2 Å². The molecule has 4 heterocycles. The molecule has 2 aromatic heterocycles. The number of nitrogens with one attached hydrogen (secondary N) is 2. The summed E-state index contributed by atoms with van der Waals surface area (Å²) in [5.74, 6) is 0.271. The SMILES string of the molecule is COc1ccc2cc1OCCCN(C(=O)C1CC(=O)N(Cc3cccnc3)C1)CC(=O)NCCc1c([nH]c3ccccc13)C2. The van der Waals surface area contributed by atoms with Crippen LogP contribution in [-0.4, -0.2) is 77.4 Å². The van der Waals surface area contributed by atoms with E-state index in [-0.39, 0.29) is 30.7 Å². The molecule has 0 aliphatic carbocycles. The molecule has 2 N–H and O–H groups in total. The number of aromatic amines is 1. The van der Waals surface area contributed by atoms with Crippen LogP contribution in [0.5, 0.6) is 11.5 Å². The molecular formula is C34H37N5O5. The van der Waals surface area contributed by atoms with Crippen molar-refractivity contribution in [3.63, 3.8) is 0 Å². The Hall–Kier alpha value is -4.86. The lowest BCUT2D eigenvalue weighted by Crippen LogP contribution is -2.45. The van der Waals surface area contributed by atoms with Gasteiger partial charge in [-0.15, -0.1) is 0 Å². The van der Waals surface area contributed by atoms with Gasteiger partial charge in [-0.2, -0.15) is 0 Å². The number of pyridine rings is 1. The minimum atomic E-state index is -0.510. The predicted molar refractivity (Wildman–Crippen MR) is 165 cm³/mol. The number of likely N-dealkylation sites (tertiary alicyclic amines) is 1. The van der Waals surface area contributed by atoms with Crippen LogP contribution in [-0.2, 0) is 33.8 Å². The molecule has 0 spiro atoms. The van der Waals surface area contributed by atoms with E-state index >= 15 is 0 Å². The van der Waals surface area contributed by atoms with Crippen molar-refractivity contribution in [2.45, 2.75) is 32.2 Å². The number of methoxy groups -OCH3 is 1. The first-order valence-electron chi connectivity index (χ1n) is 15.1. The van der Waals surface area contributed by atoms with Gasteiger partial charge in [-0.05, 0) is 53.8 Å². The van der Waals surface area contributed by atoms with E-state index < -0.39 is 5.92 Å². The standard InChI is InChI=1S/C34H37N5O5/c1-43-30-10-9-23-16-29-27(26-7-2-3-8-28(26)37-29)11-13-36-32(40)22-38(14-5-15-44-31(30)17-23)34(42)25-18-33(41)39(21-25)20-24-6-4-12-35-19-24/h2-4,6-10,12,17,19,25,37H,5,11,13-16,18,20-22H2,1H3,(H,36,40). The number of hydrogen-bond acceptors (Lipinski definition) is 6. The highest BCUT2D eigenvalue weighted by Gasteiger charge is 2.37. The van der Waals surface area contributed by atoms with Crippen molar-refractivity contribution in [3.05, 3.63) is 89.4 Å². The molecule has 1 atom stereocenters. The van der Waals surface area contributed by atoms with Gasteiger partial charge in [0.15, 0.2) is 11.5 Å². The summed E-state index contributed by atoms with van der Waals surface area (Å²) in [5, 5.41) is 4.15. The summed E-state index contributed by atoms with van der Waals surface area (Å²) in [6, 6.07) is 17.9. The molecule has 2 aromatic carbocycles. The quantitative estimate of drug-likeness (QED) is 0.373. The summed E-state index contributed by atoms with van der Waals surface area (Å²) in [4.78, 5) is 50.7. The van der Waals surface area contributed by atoms with E-state index in [2.05, 4.69) is 27.4 Å². The van der Waals surface area contributed by atoms with Crippen LogP contribution in [0.15, 0.2) is 67.0 Å². The molecular weight excluding hydrogens is 558 g/mol. The lowest BCUT2D eigenvalue weighted by Gasteiger charge is -2.25. The molecule has 2 bridgehead atoms. The zero-order valence-corrected chi connectivity index (χ0v) is 24.9. The van der Waals surface area contributed by atoms with E-state index in [0.29, 0.717) is 63.5 Å². The fraction of sp³-hybridized carbons (Fsp3) is 0.353. The van der Waals surface area contributed by atoms with E-state index in [1.54, 1.807) is 29.3 Å². The number of hydrogen-bond donors (Lipinski definition) is 2. The molecule has 10 heteroatoms. The van der Waals surface area contributed by atoms with Gasteiger partial charge >= 0.3 is 0 Å². The number of fused-ring (bicyclic) bond motifs is 5. The summed E-state index contributed by atoms with van der Waals surface area (Å²) in [5.41, 5.74) is 5.27. The van der Waals surface area contributed by atoms with Gasteiger partial charge in [0, 0.05) is 68.0 Å². The molecule has 6 rings (SSSR count). The molecule has 2 aliphatic heterocycles. The summed E-state index contributed by atoms with van der Waals surface area (Å²) >= 11 is 0. The third kappa shape index (κ3) is 6.54. The van der Waals surface area contributed by atoms with Crippen molar-refractivity contribution in [1.29, 1.82) is 0 Å². The lowest BCUT2D eigenvalue weighted by atomic mass is 10.0. The minimum absolute atomic E-state index is 0.0732. The maximum Gasteiger partial charge on any atom is 0.239 e. The van der Waals surface area contributed by atoms with E-state index in [1.165, 1.54) is 0 Å². The Labute approximate surface area is 256 Å². The fourth-order valence-electron chi connectivity index (χ4n) is 6.16. The highest BCUT2D eigenvalue weighted by atomic mass is 16.5. The van der Waals surface area contributed by atoms with E-state index in [9.17, 15) is 14.4 Å². The van der Waals surface area contributed by atoms with Crippen molar-refractivity contribution in [3.8, 4) is 11.5 Å². The number of H-pyrrole nitrogens is 1. The van der Waals surface area contributed by atoms with Crippen LogP contribution in [0.2, 0.25) is 0 Å². The number of benzene rings is 2. The van der Waals surface area contributed by atoms with Crippen molar-refractivity contribution in [2.24, 2.45) is 5.92 Å². The van der Waals surface area contributed by atoms with Crippen LogP contribution in [0, 0.1) is 5.92 Å². The molecule has 2 aliphatic rings. The molecule has 3 amide bonds. The number of para-hydroxylation sites is 1. The Balaban J connectivity index is 1.21. The second-order valence-corrected chi connectivity index (χ2v) is 11.4. The summed E-state index contributed by atoms with van der Waals surface area (Å²) in [7, 11) is 1.61. The smallest absolute Gasteiger partial charge is 0.239 e. The van der Waals surface area contributed by atoms with Gasteiger partial charge < -0.3 is 29.6 Å². The van der Waals surface area contributed by atoms with Crippen molar-refractivity contribution in [2.75, 3.05) is 39.9 Å². The van der Waals surface area contributed by atoms with E-state index in [1.807, 2.05) is 42.5 Å². The number of nitrogens with zero attached hydrogens (tertiary/aromatic N) is 3. The Bertz CT molecular complexity index is 1650. The van der Waals surface area contributed by atoms with Gasteiger partial charge in [0.1, 0.15) is 0 Å². The van der Waals surface area contributed by atoms with Gasteiger partial charge in [0.25, 0.3) is 0 Å². The molecule has 1 saturated heterocycles. The molecule has 0 saturated carbocycles. The van der Waals surface area contributed by atoms with Crippen molar-refractivity contribution >= 4 is 28.6 Å². The molecule has 10 nitrogen and oxygen atoms in total. The number of carbonyl (C=O) groups is 3. The van der Waals surface area contributed by atoms with E-state index in [0.717, 1.165) is 33.3 Å². The topological polar surface area (TPSA) is 117 Å². The first-order chi connectivity index (χ1) is 21.5. The second kappa shape index (κ2) is 13.2. The normalized spacial score (nSPS) is 18.1. The van der Waals surface area contributed by atoms with Gasteiger partial charge in [-0.25, -0.2) is 0 Å². The number of ether oxygens (including phenoxy) is 2. The largest absolute Gasteiger partial charge is 0.493 e. The summed E-state index contributed by atoms with van der Waals surface area (Å²) in [6.07, 6.45) is 5.37. The monoisotopic (exact) mass is 595 g/mol. The van der Waals surface area contributed by atoms with Crippen LogP contribution in [0.1, 0.15) is 35.2 Å². The third-order valence-corrected chi connectivity index (χ3v) is 8.34. The number of carbonyl (C=O) groups excluding carboxylic acids is 3. The van der Waals surface area contributed by atoms with Crippen LogP contribution in [0.25, 0.3) is 10.9 Å². The van der Waals surface area contributed by atoms with Crippen LogP contribution < -0.4 is 14.8 Å². The zero-order valence-electron chi connectivity index (χ0n) is 24.9. The van der Waals surface area contributed by atoms with Gasteiger partial charge in [0.2, 0.25) is 17.7 Å². The highest BCUT2D eigenvalue weighted by Crippen LogP contribution is 2.31. The molecule has 4 aromatic rings. The summed E-state index contributed by atoms with van der Waals surface area (Å²) < 4.78 is 11.7. The summed E-state index contributed by atoms with van der Waals surface area (Å²) in [6.45, 7) is 1.74. The van der Waals surface area contributed by atoms with Crippen LogP contribution in [0.4, 0.5) is 0 Å². The van der Waals surface area contributed by atoms with Crippen molar-refractivity contribution in [1.82, 2.24) is 25.1 Å². The van der Waals surface area contributed by atoms with Crippen LogP contribution in [0.3, 0.4) is 0 Å². The molecule has 44 heavy (non-hydrogen) atoms. The van der Waals surface area contributed by atoms with Crippen molar-refractivity contribution < 1.29 is 23.9 Å². The minimum Gasteiger partial charge on any atom is -0.493 e. The maximum atomic E-state index is 13.7. The highest BCUT2D eigenvalue weighted by molar-refractivity contribution is 5.91. The fourth-order valence-corrected chi connectivity index (χ4v) is 6.16. The third-order valence-electron chi connectivity index (χ3n) is 8.34. The number of aromatic nitrogens is 2. The average molecular weight is 596 g/mol. The average Bonchev–Trinajstić information content (AvgIpc) is 3.57. The van der Waals surface area contributed by atoms with Gasteiger partial charge in [-0.1, -0.05) is 30.3 Å². The second-order valence-electron chi connectivity index (χ2n) is 11.4. The Morgan fingerprint density at radius 2 is 2.02 bits per heavy atom. The zero-order chi connectivity index (χ0) is 30.5. The molecule has 0 radical (unpaired) electrons. The first-order valence-corrected chi connectivity index (χ1v) is 15.1. The van der Waals surface area contributed by atoms with Crippen LogP contribution >= 0.6 is 0 Å². The Kier molecular flexibility index (Phi) is 8.76. The predicted octanol–water partition coefficient (Wildman–Crippen LogP) is 3.48. The number of amides is 3. The maximum absolute atomic E-state index is 13.7. The molecule has 228 valence electrons. The lowest BCUT2D eigenvalue weighted by molar-refractivity contribution is -0.139. The molecule has 1 fully saturated rings. The Morgan fingerprint density at radius 1 is 1.14 bits per heavy atom. The molecule has 1 unspecified atom stereocenters.